The highest BCUT2D eigenvalue weighted by Crippen LogP contribution is 2.20. The van der Waals surface area contributed by atoms with Crippen molar-refractivity contribution in [3.8, 4) is 5.19 Å². The van der Waals surface area contributed by atoms with Gasteiger partial charge in [-0.05, 0) is 6.92 Å². The molecular weight excluding hydrogens is 162 g/mol. The zero-order valence-corrected chi connectivity index (χ0v) is 7.06. The van der Waals surface area contributed by atoms with Gasteiger partial charge in [0.25, 0.3) is 5.19 Å². The van der Waals surface area contributed by atoms with Gasteiger partial charge in [-0.2, -0.15) is 0 Å². The zero-order chi connectivity index (χ0) is 7.68. The normalized spacial score (nSPS) is 17.9. The Morgan fingerprint density at radius 3 is 3.00 bits per heavy atom. The number of rotatable bonds is 2. The van der Waals surface area contributed by atoms with Crippen molar-refractivity contribution < 1.29 is 9.47 Å². The van der Waals surface area contributed by atoms with Crippen molar-refractivity contribution in [2.75, 3.05) is 13.2 Å². The lowest BCUT2D eigenvalue weighted by Gasteiger charge is -2.25. The molecule has 2 heterocycles. The van der Waals surface area contributed by atoms with E-state index < -0.39 is 0 Å². The summed E-state index contributed by atoms with van der Waals surface area (Å²) in [6, 6.07) is 0. The lowest BCUT2D eigenvalue weighted by Crippen LogP contribution is -2.38. The van der Waals surface area contributed by atoms with Gasteiger partial charge in [0.05, 0.1) is 18.9 Å². The third kappa shape index (κ3) is 1.52. The van der Waals surface area contributed by atoms with Crippen LogP contribution in [0.1, 0.15) is 5.69 Å². The van der Waals surface area contributed by atoms with Crippen LogP contribution in [0.25, 0.3) is 0 Å². The predicted octanol–water partition coefficient (Wildman–Crippen LogP) is 1.23. The third-order valence-corrected chi connectivity index (χ3v) is 2.32. The number of aryl methyl sites for hydroxylation is 1. The average Bonchev–Trinajstić information content (AvgIpc) is 2.27. The van der Waals surface area contributed by atoms with Gasteiger partial charge in [-0.3, -0.25) is 0 Å². The Kier molecular flexibility index (Phi) is 1.79. The first kappa shape index (κ1) is 7.06. The van der Waals surface area contributed by atoms with Crippen molar-refractivity contribution in [2.45, 2.75) is 13.0 Å². The molecule has 0 unspecified atom stereocenters. The van der Waals surface area contributed by atoms with Gasteiger partial charge in [-0.15, -0.1) is 0 Å². The molecule has 4 heteroatoms. The van der Waals surface area contributed by atoms with Crippen LogP contribution in [0.3, 0.4) is 0 Å². The summed E-state index contributed by atoms with van der Waals surface area (Å²) >= 11 is 1.54. The number of ether oxygens (including phenoxy) is 2. The smallest absolute Gasteiger partial charge is 0.273 e. The minimum Gasteiger partial charge on any atom is -0.462 e. The molecule has 1 aromatic rings. The van der Waals surface area contributed by atoms with E-state index in [0.29, 0.717) is 13.2 Å². The molecule has 0 aliphatic carbocycles. The third-order valence-electron chi connectivity index (χ3n) is 1.47. The number of hydrogen-bond donors (Lipinski definition) is 0. The first-order valence-electron chi connectivity index (χ1n) is 3.51. The molecule has 0 radical (unpaired) electrons. The quantitative estimate of drug-likeness (QED) is 0.670. The summed E-state index contributed by atoms with van der Waals surface area (Å²) in [5.74, 6) is 0. The summed E-state index contributed by atoms with van der Waals surface area (Å²) in [6.45, 7) is 3.37. The molecular formula is C7H9NO2S. The van der Waals surface area contributed by atoms with Gasteiger partial charge in [0, 0.05) is 5.38 Å². The fraction of sp³-hybridized carbons (Fsp3) is 0.571. The first-order valence-corrected chi connectivity index (χ1v) is 4.39. The van der Waals surface area contributed by atoms with Crippen LogP contribution in [0.15, 0.2) is 5.38 Å². The van der Waals surface area contributed by atoms with Gasteiger partial charge < -0.3 is 9.47 Å². The predicted molar refractivity (Wildman–Crippen MR) is 42.1 cm³/mol. The summed E-state index contributed by atoms with van der Waals surface area (Å²) in [5.41, 5.74) is 1.02. The molecule has 1 aromatic heterocycles. The topological polar surface area (TPSA) is 31.4 Å². The number of thiazole rings is 1. The summed E-state index contributed by atoms with van der Waals surface area (Å²) in [7, 11) is 0. The van der Waals surface area contributed by atoms with Crippen LogP contribution < -0.4 is 4.74 Å². The van der Waals surface area contributed by atoms with Gasteiger partial charge in [0.15, 0.2) is 0 Å². The van der Waals surface area contributed by atoms with Crippen molar-refractivity contribution in [1.82, 2.24) is 4.98 Å². The molecule has 1 saturated heterocycles. The second-order valence-electron chi connectivity index (χ2n) is 2.53. The van der Waals surface area contributed by atoms with Gasteiger partial charge in [-0.1, -0.05) is 11.3 Å². The molecule has 0 saturated carbocycles. The van der Waals surface area contributed by atoms with E-state index in [1.165, 1.54) is 11.3 Å². The molecule has 0 aromatic carbocycles. The van der Waals surface area contributed by atoms with Crippen molar-refractivity contribution in [3.05, 3.63) is 11.1 Å². The van der Waals surface area contributed by atoms with E-state index in [1.807, 2.05) is 12.3 Å². The molecule has 0 bridgehead atoms. The molecule has 0 N–H and O–H groups in total. The highest BCUT2D eigenvalue weighted by molar-refractivity contribution is 7.11. The van der Waals surface area contributed by atoms with Crippen molar-refractivity contribution in [3.63, 3.8) is 0 Å². The van der Waals surface area contributed by atoms with Crippen LogP contribution >= 0.6 is 11.3 Å². The fourth-order valence-electron chi connectivity index (χ4n) is 0.811. The Balaban J connectivity index is 1.95. The van der Waals surface area contributed by atoms with Crippen LogP contribution in [-0.2, 0) is 4.74 Å². The Morgan fingerprint density at radius 1 is 1.73 bits per heavy atom. The molecule has 0 amide bonds. The number of nitrogens with zero attached hydrogens (tertiary/aromatic N) is 1. The standard InChI is InChI=1S/C7H9NO2S/c1-5-4-11-7(8-5)10-6-2-9-3-6/h4,6H,2-3H2,1H3. The Labute approximate surface area is 69.0 Å². The summed E-state index contributed by atoms with van der Waals surface area (Å²) in [4.78, 5) is 4.17. The van der Waals surface area contributed by atoms with Crippen molar-refractivity contribution >= 4 is 11.3 Å². The lowest BCUT2D eigenvalue weighted by atomic mass is 10.3. The molecule has 11 heavy (non-hydrogen) atoms. The molecule has 3 nitrogen and oxygen atoms in total. The molecule has 2 rings (SSSR count). The van der Waals surface area contributed by atoms with Crippen LogP contribution in [0, 0.1) is 6.92 Å². The Morgan fingerprint density at radius 2 is 2.55 bits per heavy atom. The maximum absolute atomic E-state index is 5.45. The minimum absolute atomic E-state index is 0.237. The van der Waals surface area contributed by atoms with Gasteiger partial charge >= 0.3 is 0 Å². The molecule has 0 spiro atoms. The monoisotopic (exact) mass is 171 g/mol. The van der Waals surface area contributed by atoms with Gasteiger partial charge in [0.1, 0.15) is 6.10 Å². The van der Waals surface area contributed by atoms with E-state index >= 15 is 0 Å². The molecule has 60 valence electrons. The van der Waals surface area contributed by atoms with Crippen LogP contribution in [0.5, 0.6) is 5.19 Å². The molecule has 0 atom stereocenters. The highest BCUT2D eigenvalue weighted by atomic mass is 32.1. The van der Waals surface area contributed by atoms with Crippen LogP contribution in [-0.4, -0.2) is 24.3 Å². The molecule has 1 aliphatic heterocycles. The SMILES string of the molecule is Cc1csc(OC2COC2)n1. The number of hydrogen-bond acceptors (Lipinski definition) is 4. The maximum Gasteiger partial charge on any atom is 0.273 e. The lowest BCUT2D eigenvalue weighted by molar-refractivity contribution is -0.0797. The summed E-state index contributed by atoms with van der Waals surface area (Å²) in [6.07, 6.45) is 0.237. The van der Waals surface area contributed by atoms with Crippen molar-refractivity contribution in [1.29, 1.82) is 0 Å². The van der Waals surface area contributed by atoms with E-state index in [4.69, 9.17) is 9.47 Å². The van der Waals surface area contributed by atoms with E-state index in [1.54, 1.807) is 0 Å². The highest BCUT2D eigenvalue weighted by Gasteiger charge is 2.20. The molecule has 1 fully saturated rings. The maximum atomic E-state index is 5.45. The average molecular weight is 171 g/mol. The first-order chi connectivity index (χ1) is 5.34. The molecule has 1 aliphatic rings. The fourth-order valence-corrected chi connectivity index (χ4v) is 1.52. The van der Waals surface area contributed by atoms with Gasteiger partial charge in [0.2, 0.25) is 0 Å². The summed E-state index contributed by atoms with van der Waals surface area (Å²) < 4.78 is 10.4. The van der Waals surface area contributed by atoms with E-state index in [0.717, 1.165) is 10.9 Å². The Hall–Kier alpha value is -0.610. The van der Waals surface area contributed by atoms with Crippen LogP contribution in [0.2, 0.25) is 0 Å². The Bertz CT molecular complexity index is 244. The summed E-state index contributed by atoms with van der Waals surface area (Å²) in [5, 5.41) is 2.74. The van der Waals surface area contributed by atoms with E-state index in [9.17, 15) is 0 Å². The van der Waals surface area contributed by atoms with E-state index in [-0.39, 0.29) is 6.10 Å². The zero-order valence-electron chi connectivity index (χ0n) is 6.24. The van der Waals surface area contributed by atoms with Gasteiger partial charge in [-0.25, -0.2) is 4.98 Å². The minimum atomic E-state index is 0.237. The van der Waals surface area contributed by atoms with E-state index in [2.05, 4.69) is 4.98 Å². The van der Waals surface area contributed by atoms with Crippen LogP contribution in [0.4, 0.5) is 0 Å². The second kappa shape index (κ2) is 2.79. The second-order valence-corrected chi connectivity index (χ2v) is 3.35. The largest absolute Gasteiger partial charge is 0.462 e. The van der Waals surface area contributed by atoms with Crippen molar-refractivity contribution in [2.24, 2.45) is 0 Å². The number of aromatic nitrogens is 1.